The molecular formula is C12H20N2O4. The summed E-state index contributed by atoms with van der Waals surface area (Å²) in [6.07, 6.45) is 2.75. The van der Waals surface area contributed by atoms with Gasteiger partial charge in [0.25, 0.3) is 0 Å². The van der Waals surface area contributed by atoms with Crippen LogP contribution in [-0.4, -0.2) is 47.4 Å². The van der Waals surface area contributed by atoms with Gasteiger partial charge in [0.15, 0.2) is 0 Å². The zero-order valence-electron chi connectivity index (χ0n) is 10.6. The molecule has 1 rings (SSSR count). The Balaban J connectivity index is 2.14. The van der Waals surface area contributed by atoms with Crippen LogP contribution in [0.4, 0.5) is 0 Å². The molecule has 1 aliphatic carbocycles. The van der Waals surface area contributed by atoms with Gasteiger partial charge < -0.3 is 15.3 Å². The van der Waals surface area contributed by atoms with Crippen LogP contribution in [0, 0.1) is 5.92 Å². The third-order valence-electron chi connectivity index (χ3n) is 2.88. The smallest absolute Gasteiger partial charge is 0.323 e. The second-order valence-electron chi connectivity index (χ2n) is 4.47. The maximum absolute atomic E-state index is 11.7. The molecule has 0 spiro atoms. The molecule has 0 unspecified atom stereocenters. The number of nitrogens with zero attached hydrogens (tertiary/aromatic N) is 1. The molecule has 0 aromatic heterocycles. The summed E-state index contributed by atoms with van der Waals surface area (Å²) < 4.78 is 0. The normalized spacial score (nSPS) is 14.1. The van der Waals surface area contributed by atoms with E-state index in [1.54, 1.807) is 6.92 Å². The van der Waals surface area contributed by atoms with Crippen LogP contribution in [0.5, 0.6) is 0 Å². The summed E-state index contributed by atoms with van der Waals surface area (Å²) in [4.78, 5) is 34.8. The van der Waals surface area contributed by atoms with Crippen molar-refractivity contribution in [1.82, 2.24) is 10.2 Å². The number of carbonyl (C=O) groups is 3. The van der Waals surface area contributed by atoms with E-state index in [1.165, 1.54) is 4.90 Å². The summed E-state index contributed by atoms with van der Waals surface area (Å²) in [7, 11) is 0. The Kier molecular flexibility index (Phi) is 5.61. The van der Waals surface area contributed by atoms with Crippen LogP contribution < -0.4 is 5.32 Å². The Morgan fingerprint density at radius 2 is 2.00 bits per heavy atom. The summed E-state index contributed by atoms with van der Waals surface area (Å²) in [6, 6.07) is 0. The van der Waals surface area contributed by atoms with Crippen molar-refractivity contribution in [2.75, 3.05) is 19.6 Å². The number of carboxylic acids is 1. The summed E-state index contributed by atoms with van der Waals surface area (Å²) in [6.45, 7) is 2.35. The highest BCUT2D eigenvalue weighted by Crippen LogP contribution is 2.28. The first-order valence-electron chi connectivity index (χ1n) is 6.31. The van der Waals surface area contributed by atoms with Crippen molar-refractivity contribution in [2.45, 2.75) is 32.6 Å². The van der Waals surface area contributed by atoms with E-state index in [1.807, 2.05) is 0 Å². The molecule has 0 radical (unpaired) electrons. The summed E-state index contributed by atoms with van der Waals surface area (Å²) in [5.74, 6) is -0.937. The third kappa shape index (κ3) is 5.16. The summed E-state index contributed by atoms with van der Waals surface area (Å²) in [5, 5.41) is 11.4. The molecule has 0 atom stereocenters. The van der Waals surface area contributed by atoms with Gasteiger partial charge in [-0.2, -0.15) is 0 Å². The molecular weight excluding hydrogens is 236 g/mol. The predicted octanol–water partition coefficient (Wildman–Crippen LogP) is 0.226. The lowest BCUT2D eigenvalue weighted by Crippen LogP contribution is -2.36. The minimum atomic E-state index is -1.01. The lowest BCUT2D eigenvalue weighted by molar-refractivity contribution is -0.144. The summed E-state index contributed by atoms with van der Waals surface area (Å²) in [5.41, 5.74) is 0. The Labute approximate surface area is 106 Å². The van der Waals surface area contributed by atoms with Gasteiger partial charge in [0.05, 0.1) is 0 Å². The molecule has 0 bridgehead atoms. The van der Waals surface area contributed by atoms with Crippen LogP contribution in [0.2, 0.25) is 0 Å². The highest BCUT2D eigenvalue weighted by atomic mass is 16.4. The first-order valence-corrected chi connectivity index (χ1v) is 6.31. The van der Waals surface area contributed by atoms with E-state index in [0.717, 1.165) is 12.8 Å². The first-order chi connectivity index (χ1) is 8.54. The molecule has 0 aromatic rings. The number of likely N-dealkylation sites (N-methyl/N-ethyl adjacent to an activating group) is 1. The Hall–Kier alpha value is -1.59. The van der Waals surface area contributed by atoms with Gasteiger partial charge in [-0.15, -0.1) is 0 Å². The third-order valence-corrected chi connectivity index (χ3v) is 2.88. The number of amides is 2. The maximum atomic E-state index is 11.7. The maximum Gasteiger partial charge on any atom is 0.323 e. The van der Waals surface area contributed by atoms with Gasteiger partial charge in [-0.1, -0.05) is 0 Å². The zero-order chi connectivity index (χ0) is 13.5. The minimum Gasteiger partial charge on any atom is -0.480 e. The standard InChI is InChI=1S/C12H20N2O4/c1-2-14(8-11(16)17)10(15)4-3-7-13-12(18)9-5-6-9/h9H,2-8H2,1H3,(H,13,18)(H,16,17). The van der Waals surface area contributed by atoms with Gasteiger partial charge in [-0.05, 0) is 26.2 Å². The fourth-order valence-electron chi connectivity index (χ4n) is 1.64. The molecule has 0 heterocycles. The van der Waals surface area contributed by atoms with Crippen LogP contribution in [0.1, 0.15) is 32.6 Å². The quantitative estimate of drug-likeness (QED) is 0.608. The summed E-state index contributed by atoms with van der Waals surface area (Å²) >= 11 is 0. The van der Waals surface area contributed by atoms with E-state index in [0.29, 0.717) is 19.5 Å². The van der Waals surface area contributed by atoms with Crippen molar-refractivity contribution >= 4 is 17.8 Å². The number of hydrogen-bond donors (Lipinski definition) is 2. The zero-order valence-corrected chi connectivity index (χ0v) is 10.6. The highest BCUT2D eigenvalue weighted by Gasteiger charge is 2.29. The molecule has 1 saturated carbocycles. The minimum absolute atomic E-state index is 0.0698. The van der Waals surface area contributed by atoms with Crippen molar-refractivity contribution in [3.05, 3.63) is 0 Å². The van der Waals surface area contributed by atoms with Crippen molar-refractivity contribution < 1.29 is 19.5 Å². The molecule has 1 aliphatic rings. The van der Waals surface area contributed by atoms with Crippen LogP contribution >= 0.6 is 0 Å². The average molecular weight is 256 g/mol. The van der Waals surface area contributed by atoms with Gasteiger partial charge in [-0.3, -0.25) is 14.4 Å². The Bertz CT molecular complexity index is 326. The lowest BCUT2D eigenvalue weighted by Gasteiger charge is -2.18. The van der Waals surface area contributed by atoms with Crippen LogP contribution in [-0.2, 0) is 14.4 Å². The molecule has 1 fully saturated rings. The average Bonchev–Trinajstić information content (AvgIpc) is 3.14. The van der Waals surface area contributed by atoms with Gasteiger partial charge in [0.2, 0.25) is 11.8 Å². The highest BCUT2D eigenvalue weighted by molar-refractivity contribution is 5.82. The molecule has 102 valence electrons. The second-order valence-corrected chi connectivity index (χ2v) is 4.47. The number of rotatable bonds is 8. The van der Waals surface area contributed by atoms with E-state index < -0.39 is 5.97 Å². The molecule has 0 aromatic carbocycles. The molecule has 6 heteroatoms. The molecule has 0 saturated heterocycles. The molecule has 6 nitrogen and oxygen atoms in total. The number of carbonyl (C=O) groups excluding carboxylic acids is 2. The Morgan fingerprint density at radius 3 is 2.50 bits per heavy atom. The van der Waals surface area contributed by atoms with Crippen molar-refractivity contribution in [2.24, 2.45) is 5.92 Å². The molecule has 2 amide bonds. The SMILES string of the molecule is CCN(CC(=O)O)C(=O)CCCNC(=O)C1CC1. The number of hydrogen-bond acceptors (Lipinski definition) is 3. The van der Waals surface area contributed by atoms with Crippen LogP contribution in [0.15, 0.2) is 0 Å². The van der Waals surface area contributed by atoms with Crippen LogP contribution in [0.25, 0.3) is 0 Å². The fourth-order valence-corrected chi connectivity index (χ4v) is 1.64. The van der Waals surface area contributed by atoms with Crippen molar-refractivity contribution in [3.8, 4) is 0 Å². The molecule has 2 N–H and O–H groups in total. The lowest BCUT2D eigenvalue weighted by atomic mass is 10.2. The largest absolute Gasteiger partial charge is 0.480 e. The van der Waals surface area contributed by atoms with E-state index >= 15 is 0 Å². The second kappa shape index (κ2) is 6.98. The van der Waals surface area contributed by atoms with E-state index in [-0.39, 0.29) is 30.7 Å². The van der Waals surface area contributed by atoms with E-state index in [4.69, 9.17) is 5.11 Å². The number of nitrogens with one attached hydrogen (secondary N) is 1. The van der Waals surface area contributed by atoms with Crippen LogP contribution in [0.3, 0.4) is 0 Å². The van der Waals surface area contributed by atoms with E-state index in [2.05, 4.69) is 5.32 Å². The van der Waals surface area contributed by atoms with Gasteiger partial charge in [-0.25, -0.2) is 0 Å². The predicted molar refractivity (Wildman–Crippen MR) is 64.9 cm³/mol. The fraction of sp³-hybridized carbons (Fsp3) is 0.750. The first kappa shape index (κ1) is 14.5. The van der Waals surface area contributed by atoms with Gasteiger partial charge in [0, 0.05) is 25.4 Å². The topological polar surface area (TPSA) is 86.7 Å². The van der Waals surface area contributed by atoms with Gasteiger partial charge in [0.1, 0.15) is 6.54 Å². The van der Waals surface area contributed by atoms with Crippen molar-refractivity contribution in [3.63, 3.8) is 0 Å². The monoisotopic (exact) mass is 256 g/mol. The van der Waals surface area contributed by atoms with Gasteiger partial charge >= 0.3 is 5.97 Å². The molecule has 18 heavy (non-hydrogen) atoms. The number of carboxylic acid groups (broad SMARTS) is 1. The Morgan fingerprint density at radius 1 is 1.33 bits per heavy atom. The van der Waals surface area contributed by atoms with Crippen molar-refractivity contribution in [1.29, 1.82) is 0 Å². The van der Waals surface area contributed by atoms with E-state index in [9.17, 15) is 14.4 Å². The number of aliphatic carboxylic acids is 1. The molecule has 0 aliphatic heterocycles.